The van der Waals surface area contributed by atoms with E-state index < -0.39 is 0 Å². The molecule has 0 aromatic carbocycles. The normalized spacial score (nSPS) is 16.9. The van der Waals surface area contributed by atoms with E-state index in [4.69, 9.17) is 9.26 Å². The molecule has 0 radical (unpaired) electrons. The Bertz CT molecular complexity index is 517. The van der Waals surface area contributed by atoms with E-state index in [0.29, 0.717) is 11.8 Å². The molecule has 0 bridgehead atoms. The standard InChI is InChI=1S/C12H15N3O2S/c1-16-9-4-7-18-10(9)12-14-11(15-17-12)8-2-5-13-6-3-8/h4,7-8,13H,2-3,5-6H2,1H3. The quantitative estimate of drug-likeness (QED) is 0.922. The second kappa shape index (κ2) is 5.07. The third-order valence-electron chi connectivity index (χ3n) is 3.19. The van der Waals surface area contributed by atoms with Crippen LogP contribution >= 0.6 is 11.3 Å². The van der Waals surface area contributed by atoms with Crippen LogP contribution in [0.2, 0.25) is 0 Å². The molecule has 0 spiro atoms. The largest absolute Gasteiger partial charge is 0.495 e. The van der Waals surface area contributed by atoms with Crippen LogP contribution in [0.1, 0.15) is 24.6 Å². The average molecular weight is 265 g/mol. The van der Waals surface area contributed by atoms with E-state index in [0.717, 1.165) is 42.4 Å². The van der Waals surface area contributed by atoms with Crippen molar-refractivity contribution in [3.63, 3.8) is 0 Å². The SMILES string of the molecule is COc1ccsc1-c1nc(C2CCNCC2)no1. The number of nitrogens with one attached hydrogen (secondary N) is 1. The predicted octanol–water partition coefficient (Wildman–Crippen LogP) is 2.27. The predicted molar refractivity (Wildman–Crippen MR) is 69.0 cm³/mol. The zero-order valence-corrected chi connectivity index (χ0v) is 11.0. The Morgan fingerprint density at radius 3 is 3.06 bits per heavy atom. The van der Waals surface area contributed by atoms with Gasteiger partial charge in [-0.3, -0.25) is 0 Å². The van der Waals surface area contributed by atoms with Gasteiger partial charge in [-0.1, -0.05) is 5.16 Å². The number of ether oxygens (including phenoxy) is 1. The van der Waals surface area contributed by atoms with Gasteiger partial charge in [0.2, 0.25) is 0 Å². The molecule has 1 aliphatic rings. The molecule has 1 aliphatic heterocycles. The first-order valence-corrected chi connectivity index (χ1v) is 6.92. The van der Waals surface area contributed by atoms with Gasteiger partial charge < -0.3 is 14.6 Å². The van der Waals surface area contributed by atoms with Crippen LogP contribution in [-0.4, -0.2) is 30.3 Å². The monoisotopic (exact) mass is 265 g/mol. The van der Waals surface area contributed by atoms with Gasteiger partial charge in [0.25, 0.3) is 5.89 Å². The molecule has 0 unspecified atom stereocenters. The van der Waals surface area contributed by atoms with Crippen molar-refractivity contribution in [3.8, 4) is 16.5 Å². The van der Waals surface area contributed by atoms with Gasteiger partial charge in [-0.05, 0) is 37.4 Å². The Morgan fingerprint density at radius 1 is 1.44 bits per heavy atom. The third-order valence-corrected chi connectivity index (χ3v) is 4.07. The van der Waals surface area contributed by atoms with Crippen LogP contribution in [0.3, 0.4) is 0 Å². The highest BCUT2D eigenvalue weighted by molar-refractivity contribution is 7.13. The molecule has 3 rings (SSSR count). The van der Waals surface area contributed by atoms with Gasteiger partial charge in [0.15, 0.2) is 5.82 Å². The second-order valence-electron chi connectivity index (χ2n) is 4.30. The van der Waals surface area contributed by atoms with Crippen molar-refractivity contribution in [3.05, 3.63) is 17.3 Å². The van der Waals surface area contributed by atoms with Crippen LogP contribution in [0.5, 0.6) is 5.75 Å². The highest BCUT2D eigenvalue weighted by Gasteiger charge is 2.22. The highest BCUT2D eigenvalue weighted by atomic mass is 32.1. The number of thiophene rings is 1. The molecule has 1 fully saturated rings. The lowest BCUT2D eigenvalue weighted by molar-refractivity contribution is 0.388. The Kier molecular flexibility index (Phi) is 3.29. The maximum absolute atomic E-state index is 5.35. The molecule has 0 aliphatic carbocycles. The number of methoxy groups -OCH3 is 1. The first-order chi connectivity index (χ1) is 8.88. The molecule has 0 amide bonds. The molecule has 1 N–H and O–H groups in total. The van der Waals surface area contributed by atoms with E-state index in [1.54, 1.807) is 18.4 Å². The summed E-state index contributed by atoms with van der Waals surface area (Å²) in [7, 11) is 1.65. The summed E-state index contributed by atoms with van der Waals surface area (Å²) < 4.78 is 10.6. The topological polar surface area (TPSA) is 60.2 Å². The van der Waals surface area contributed by atoms with Gasteiger partial charge in [0.1, 0.15) is 10.6 Å². The maximum atomic E-state index is 5.35. The first kappa shape index (κ1) is 11.7. The molecule has 3 heterocycles. The average Bonchev–Trinajstić information content (AvgIpc) is 3.08. The van der Waals surface area contributed by atoms with Gasteiger partial charge in [-0.25, -0.2) is 0 Å². The Labute approximate surface area is 109 Å². The smallest absolute Gasteiger partial charge is 0.271 e. The maximum Gasteiger partial charge on any atom is 0.271 e. The van der Waals surface area contributed by atoms with Crippen molar-refractivity contribution in [1.82, 2.24) is 15.5 Å². The minimum atomic E-state index is 0.412. The summed E-state index contributed by atoms with van der Waals surface area (Å²) in [6, 6.07) is 1.91. The first-order valence-electron chi connectivity index (χ1n) is 6.04. The van der Waals surface area contributed by atoms with Crippen molar-refractivity contribution in [2.24, 2.45) is 0 Å². The molecule has 96 valence electrons. The van der Waals surface area contributed by atoms with Crippen LogP contribution in [-0.2, 0) is 0 Å². The van der Waals surface area contributed by atoms with Crippen LogP contribution in [0.15, 0.2) is 16.0 Å². The molecule has 5 nitrogen and oxygen atoms in total. The number of nitrogens with zero attached hydrogens (tertiary/aromatic N) is 2. The Hall–Kier alpha value is -1.40. The van der Waals surface area contributed by atoms with Gasteiger partial charge in [0, 0.05) is 5.92 Å². The molecular weight excluding hydrogens is 250 g/mol. The number of piperidine rings is 1. The minimum Gasteiger partial charge on any atom is -0.495 e. The van der Waals surface area contributed by atoms with E-state index in [1.807, 2.05) is 11.4 Å². The molecule has 6 heteroatoms. The summed E-state index contributed by atoms with van der Waals surface area (Å²) in [5.74, 6) is 2.59. The van der Waals surface area contributed by atoms with Crippen molar-refractivity contribution in [2.75, 3.05) is 20.2 Å². The van der Waals surface area contributed by atoms with Crippen LogP contribution in [0, 0.1) is 0 Å². The lowest BCUT2D eigenvalue weighted by Crippen LogP contribution is -2.27. The van der Waals surface area contributed by atoms with Crippen LogP contribution in [0.4, 0.5) is 0 Å². The van der Waals surface area contributed by atoms with E-state index in [-0.39, 0.29) is 0 Å². The summed E-state index contributed by atoms with van der Waals surface area (Å²) in [4.78, 5) is 5.42. The van der Waals surface area contributed by atoms with E-state index in [2.05, 4.69) is 15.5 Å². The van der Waals surface area contributed by atoms with Crippen LogP contribution < -0.4 is 10.1 Å². The third kappa shape index (κ3) is 2.13. The fourth-order valence-electron chi connectivity index (χ4n) is 2.19. The summed E-state index contributed by atoms with van der Waals surface area (Å²) in [6.07, 6.45) is 2.14. The Morgan fingerprint density at radius 2 is 2.28 bits per heavy atom. The molecule has 1 saturated heterocycles. The zero-order valence-electron chi connectivity index (χ0n) is 10.2. The van der Waals surface area contributed by atoms with Crippen molar-refractivity contribution >= 4 is 11.3 Å². The van der Waals surface area contributed by atoms with E-state index in [9.17, 15) is 0 Å². The minimum absolute atomic E-state index is 0.412. The molecule has 2 aromatic rings. The fourth-order valence-corrected chi connectivity index (χ4v) is 2.97. The molecule has 0 atom stereocenters. The molecule has 0 saturated carbocycles. The molecule has 2 aromatic heterocycles. The van der Waals surface area contributed by atoms with Gasteiger partial charge >= 0.3 is 0 Å². The van der Waals surface area contributed by atoms with Gasteiger partial charge in [-0.2, -0.15) is 4.98 Å². The van der Waals surface area contributed by atoms with Crippen molar-refractivity contribution < 1.29 is 9.26 Å². The van der Waals surface area contributed by atoms with E-state index >= 15 is 0 Å². The number of hydrogen-bond acceptors (Lipinski definition) is 6. The van der Waals surface area contributed by atoms with Crippen LogP contribution in [0.25, 0.3) is 10.8 Å². The fraction of sp³-hybridized carbons (Fsp3) is 0.500. The summed E-state index contributed by atoms with van der Waals surface area (Å²) in [5, 5.41) is 9.40. The highest BCUT2D eigenvalue weighted by Crippen LogP contribution is 2.35. The summed E-state index contributed by atoms with van der Waals surface area (Å²) in [6.45, 7) is 2.05. The van der Waals surface area contributed by atoms with Crippen molar-refractivity contribution in [2.45, 2.75) is 18.8 Å². The number of hydrogen-bond donors (Lipinski definition) is 1. The number of rotatable bonds is 3. The zero-order chi connectivity index (χ0) is 12.4. The van der Waals surface area contributed by atoms with Gasteiger partial charge in [-0.15, -0.1) is 11.3 Å². The van der Waals surface area contributed by atoms with E-state index in [1.165, 1.54) is 0 Å². The van der Waals surface area contributed by atoms with Crippen molar-refractivity contribution in [1.29, 1.82) is 0 Å². The molecule has 18 heavy (non-hydrogen) atoms. The summed E-state index contributed by atoms with van der Waals surface area (Å²) in [5.41, 5.74) is 0. The second-order valence-corrected chi connectivity index (χ2v) is 5.22. The lowest BCUT2D eigenvalue weighted by Gasteiger charge is -2.18. The molecular formula is C12H15N3O2S. The lowest BCUT2D eigenvalue weighted by atomic mass is 9.98. The van der Waals surface area contributed by atoms with Gasteiger partial charge in [0.05, 0.1) is 7.11 Å². The number of aromatic nitrogens is 2. The Balaban J connectivity index is 1.84. The summed E-state index contributed by atoms with van der Waals surface area (Å²) >= 11 is 1.55.